The summed E-state index contributed by atoms with van der Waals surface area (Å²) in [7, 11) is 0. The molecule has 0 bridgehead atoms. The summed E-state index contributed by atoms with van der Waals surface area (Å²) < 4.78 is 2.90. The van der Waals surface area contributed by atoms with E-state index in [1.54, 1.807) is 16.0 Å². The normalized spacial score (nSPS) is 13.0. The molecule has 2 heterocycles. The molecule has 0 aliphatic carbocycles. The van der Waals surface area contributed by atoms with Crippen molar-refractivity contribution in [2.75, 3.05) is 0 Å². The SMILES string of the molecule is CC(Cl)c1cn(Cc2cc(Br)cs2)nn1. The molecule has 2 aromatic heterocycles. The zero-order valence-electron chi connectivity index (χ0n) is 8.02. The van der Waals surface area contributed by atoms with Crippen LogP contribution in [0.1, 0.15) is 22.9 Å². The first-order chi connectivity index (χ1) is 7.15. The van der Waals surface area contributed by atoms with Crippen LogP contribution in [-0.2, 0) is 6.54 Å². The lowest BCUT2D eigenvalue weighted by atomic mass is 10.4. The number of nitrogens with zero attached hydrogens (tertiary/aromatic N) is 3. The fraction of sp³-hybridized carbons (Fsp3) is 0.333. The lowest BCUT2D eigenvalue weighted by molar-refractivity contribution is 0.655. The molecule has 0 saturated heterocycles. The predicted molar refractivity (Wildman–Crippen MR) is 65.4 cm³/mol. The molecule has 80 valence electrons. The van der Waals surface area contributed by atoms with Gasteiger partial charge in [0.1, 0.15) is 5.69 Å². The van der Waals surface area contributed by atoms with Gasteiger partial charge in [0.15, 0.2) is 0 Å². The van der Waals surface area contributed by atoms with Crippen molar-refractivity contribution < 1.29 is 0 Å². The van der Waals surface area contributed by atoms with Gasteiger partial charge in [-0.05, 0) is 28.9 Å². The third-order valence-electron chi connectivity index (χ3n) is 1.90. The molecular weight excluding hydrogens is 298 g/mol. The Morgan fingerprint density at radius 3 is 3.00 bits per heavy atom. The molecule has 0 saturated carbocycles. The second kappa shape index (κ2) is 4.63. The van der Waals surface area contributed by atoms with Gasteiger partial charge in [-0.25, -0.2) is 4.68 Å². The van der Waals surface area contributed by atoms with Crippen molar-refractivity contribution in [3.05, 3.63) is 32.7 Å². The summed E-state index contributed by atoms with van der Waals surface area (Å²) in [5.74, 6) is 0. The highest BCUT2D eigenvalue weighted by Gasteiger charge is 2.07. The van der Waals surface area contributed by atoms with Gasteiger partial charge < -0.3 is 0 Å². The van der Waals surface area contributed by atoms with Gasteiger partial charge in [0.05, 0.1) is 18.1 Å². The maximum absolute atomic E-state index is 5.90. The smallest absolute Gasteiger partial charge is 0.100 e. The summed E-state index contributed by atoms with van der Waals surface area (Å²) in [6, 6.07) is 2.08. The van der Waals surface area contributed by atoms with E-state index < -0.39 is 0 Å². The zero-order valence-corrected chi connectivity index (χ0v) is 11.2. The Bertz CT molecular complexity index is 452. The molecule has 0 radical (unpaired) electrons. The average Bonchev–Trinajstić information content (AvgIpc) is 2.76. The summed E-state index contributed by atoms with van der Waals surface area (Å²) in [5, 5.41) is 9.97. The molecule has 0 aromatic carbocycles. The van der Waals surface area contributed by atoms with E-state index in [1.165, 1.54) is 4.88 Å². The topological polar surface area (TPSA) is 30.7 Å². The first-order valence-electron chi connectivity index (χ1n) is 4.42. The predicted octanol–water partition coefficient (Wildman–Crippen LogP) is 3.45. The second-order valence-corrected chi connectivity index (χ2v) is 5.75. The van der Waals surface area contributed by atoms with Crippen molar-refractivity contribution in [2.24, 2.45) is 0 Å². The molecule has 0 aliphatic rings. The largest absolute Gasteiger partial charge is 0.247 e. The lowest BCUT2D eigenvalue weighted by Crippen LogP contribution is -1.98. The van der Waals surface area contributed by atoms with Gasteiger partial charge >= 0.3 is 0 Å². The van der Waals surface area contributed by atoms with Crippen molar-refractivity contribution in [1.29, 1.82) is 0 Å². The standard InChI is InChI=1S/C9H9BrClN3S/c1-6(11)9-4-14(13-12-9)3-8-2-7(10)5-15-8/h2,4-6H,3H2,1H3. The fourth-order valence-electron chi connectivity index (χ4n) is 1.17. The van der Waals surface area contributed by atoms with Crippen LogP contribution in [0.3, 0.4) is 0 Å². The molecule has 0 amide bonds. The van der Waals surface area contributed by atoms with Crippen molar-refractivity contribution in [3.63, 3.8) is 0 Å². The van der Waals surface area contributed by atoms with E-state index in [-0.39, 0.29) is 5.38 Å². The first-order valence-corrected chi connectivity index (χ1v) is 6.53. The van der Waals surface area contributed by atoms with Crippen LogP contribution in [-0.4, -0.2) is 15.0 Å². The van der Waals surface area contributed by atoms with E-state index in [2.05, 4.69) is 37.7 Å². The minimum Gasteiger partial charge on any atom is -0.247 e. The number of hydrogen-bond acceptors (Lipinski definition) is 3. The van der Waals surface area contributed by atoms with Gasteiger partial charge in [-0.3, -0.25) is 0 Å². The molecule has 15 heavy (non-hydrogen) atoms. The maximum atomic E-state index is 5.90. The minimum atomic E-state index is -0.0891. The molecule has 0 fully saturated rings. The fourth-order valence-corrected chi connectivity index (χ4v) is 2.71. The van der Waals surface area contributed by atoms with Gasteiger partial charge in [0.2, 0.25) is 0 Å². The number of hydrogen-bond donors (Lipinski definition) is 0. The Hall–Kier alpha value is -0.390. The Morgan fingerprint density at radius 1 is 1.67 bits per heavy atom. The minimum absolute atomic E-state index is 0.0891. The third-order valence-corrected chi connectivity index (χ3v) is 3.81. The molecule has 0 aliphatic heterocycles. The average molecular weight is 307 g/mol. The molecule has 0 spiro atoms. The van der Waals surface area contributed by atoms with E-state index in [0.29, 0.717) is 0 Å². The van der Waals surface area contributed by atoms with Crippen molar-refractivity contribution in [1.82, 2.24) is 15.0 Å². The Labute approximate surface area is 105 Å². The van der Waals surface area contributed by atoms with Crippen molar-refractivity contribution >= 4 is 38.9 Å². The van der Waals surface area contributed by atoms with Crippen LogP contribution in [0, 0.1) is 0 Å². The highest BCUT2D eigenvalue weighted by atomic mass is 79.9. The summed E-state index contributed by atoms with van der Waals surface area (Å²) in [6.07, 6.45) is 1.88. The van der Waals surface area contributed by atoms with Crippen LogP contribution >= 0.6 is 38.9 Å². The van der Waals surface area contributed by atoms with Crippen LogP contribution in [0.4, 0.5) is 0 Å². The van der Waals surface area contributed by atoms with Crippen molar-refractivity contribution in [3.8, 4) is 0 Å². The summed E-state index contributed by atoms with van der Waals surface area (Å²) in [6.45, 7) is 2.63. The number of alkyl halides is 1. The number of halogens is 2. The van der Waals surface area contributed by atoms with Crippen LogP contribution in [0.15, 0.2) is 22.1 Å². The quantitative estimate of drug-likeness (QED) is 0.813. The zero-order chi connectivity index (χ0) is 10.8. The molecule has 2 aromatic rings. The summed E-state index contributed by atoms with van der Waals surface area (Å²) in [4.78, 5) is 1.24. The van der Waals surface area contributed by atoms with Crippen LogP contribution < -0.4 is 0 Å². The van der Waals surface area contributed by atoms with Crippen LogP contribution in [0.25, 0.3) is 0 Å². The highest BCUT2D eigenvalue weighted by Crippen LogP contribution is 2.21. The summed E-state index contributed by atoms with van der Waals surface area (Å²) >= 11 is 11.0. The van der Waals surface area contributed by atoms with Gasteiger partial charge in [-0.1, -0.05) is 5.21 Å². The first kappa shape index (κ1) is 11.1. The molecule has 1 unspecified atom stereocenters. The molecular formula is C9H9BrClN3S. The second-order valence-electron chi connectivity index (χ2n) is 3.19. The Kier molecular flexibility index (Phi) is 3.43. The highest BCUT2D eigenvalue weighted by molar-refractivity contribution is 9.10. The molecule has 0 N–H and O–H groups in total. The number of aromatic nitrogens is 3. The van der Waals surface area contributed by atoms with E-state index >= 15 is 0 Å². The molecule has 3 nitrogen and oxygen atoms in total. The van der Waals surface area contributed by atoms with E-state index in [4.69, 9.17) is 11.6 Å². The Balaban J connectivity index is 2.11. The van der Waals surface area contributed by atoms with Crippen LogP contribution in [0.2, 0.25) is 0 Å². The van der Waals surface area contributed by atoms with Gasteiger partial charge in [0, 0.05) is 14.7 Å². The van der Waals surface area contributed by atoms with Gasteiger partial charge in [0.25, 0.3) is 0 Å². The van der Waals surface area contributed by atoms with Crippen molar-refractivity contribution in [2.45, 2.75) is 18.8 Å². The lowest BCUT2D eigenvalue weighted by Gasteiger charge is -1.96. The number of thiophene rings is 1. The number of rotatable bonds is 3. The Morgan fingerprint density at radius 2 is 2.47 bits per heavy atom. The van der Waals surface area contributed by atoms with E-state index in [0.717, 1.165) is 16.7 Å². The van der Waals surface area contributed by atoms with Gasteiger partial charge in [-0.2, -0.15) is 0 Å². The monoisotopic (exact) mass is 305 g/mol. The van der Waals surface area contributed by atoms with Gasteiger partial charge in [-0.15, -0.1) is 28.0 Å². The molecule has 2 rings (SSSR count). The molecule has 1 atom stereocenters. The maximum Gasteiger partial charge on any atom is 0.100 e. The third kappa shape index (κ3) is 2.80. The van der Waals surface area contributed by atoms with Crippen LogP contribution in [0.5, 0.6) is 0 Å². The van der Waals surface area contributed by atoms with E-state index in [9.17, 15) is 0 Å². The summed E-state index contributed by atoms with van der Waals surface area (Å²) in [5.41, 5.74) is 0.812. The molecule has 6 heteroatoms. The van der Waals surface area contributed by atoms with E-state index in [1.807, 2.05) is 13.1 Å².